The van der Waals surface area contributed by atoms with Crippen LogP contribution in [-0.4, -0.2) is 117 Å². The lowest BCUT2D eigenvalue weighted by atomic mass is 10.5. The summed E-state index contributed by atoms with van der Waals surface area (Å²) in [4.78, 5) is 12.6. The summed E-state index contributed by atoms with van der Waals surface area (Å²) in [5.74, 6) is 0.0341. The third-order valence-electron chi connectivity index (χ3n) is 3.40. The van der Waals surface area contributed by atoms with E-state index in [1.807, 2.05) is 0 Å². The second-order valence-corrected chi connectivity index (χ2v) is 5.61. The maximum atomic E-state index is 11.0. The number of methoxy groups -OCH3 is 1. The molecule has 0 heterocycles. The number of carbonyl (C=O) groups excluding carboxylic acids is 1. The van der Waals surface area contributed by atoms with Gasteiger partial charge in [-0.2, -0.15) is 0 Å². The Morgan fingerprint density at radius 1 is 0.593 bits per heavy atom. The second kappa shape index (κ2) is 21.5. The fourth-order valence-corrected chi connectivity index (χ4v) is 1.70. The van der Waals surface area contributed by atoms with Gasteiger partial charge in [-0.15, -0.1) is 0 Å². The first kappa shape index (κ1) is 26.2. The van der Waals surface area contributed by atoms with E-state index in [1.165, 1.54) is 6.92 Å². The lowest BCUT2D eigenvalue weighted by Crippen LogP contribution is -2.28. The largest absolute Gasteiger partial charge is 0.382 e. The van der Waals surface area contributed by atoms with E-state index in [4.69, 9.17) is 33.2 Å². The number of rotatable bonds is 21. The molecule has 0 N–H and O–H groups in total. The van der Waals surface area contributed by atoms with E-state index in [1.54, 1.807) is 19.1 Å². The van der Waals surface area contributed by atoms with E-state index in [-0.39, 0.29) is 5.91 Å². The molecule has 0 aromatic heterocycles. The first-order valence-corrected chi connectivity index (χ1v) is 9.35. The molecule has 0 rings (SSSR count). The van der Waals surface area contributed by atoms with Gasteiger partial charge in [0.25, 0.3) is 0 Å². The molecule has 0 spiro atoms. The highest BCUT2D eigenvalue weighted by Gasteiger charge is 2.00. The van der Waals surface area contributed by atoms with Crippen molar-refractivity contribution in [3.8, 4) is 0 Å². The van der Waals surface area contributed by atoms with Crippen LogP contribution in [0.15, 0.2) is 0 Å². The highest BCUT2D eigenvalue weighted by Crippen LogP contribution is 1.86. The third kappa shape index (κ3) is 21.3. The van der Waals surface area contributed by atoms with Gasteiger partial charge in [-0.1, -0.05) is 0 Å². The summed E-state index contributed by atoms with van der Waals surface area (Å²) >= 11 is 0. The Hall–Kier alpha value is -0.810. The van der Waals surface area contributed by atoms with Gasteiger partial charge in [-0.3, -0.25) is 4.79 Å². The molecule has 0 saturated carbocycles. The third-order valence-corrected chi connectivity index (χ3v) is 3.40. The molecule has 0 fully saturated rings. The molecule has 0 aliphatic heterocycles. The summed E-state index contributed by atoms with van der Waals surface area (Å²) < 4.78 is 37.0. The summed E-state index contributed by atoms with van der Waals surface area (Å²) in [6.07, 6.45) is 0. The van der Waals surface area contributed by atoms with E-state index in [0.29, 0.717) is 92.4 Å². The second-order valence-electron chi connectivity index (χ2n) is 5.61. The van der Waals surface area contributed by atoms with Gasteiger partial charge in [0.1, 0.15) is 0 Å². The molecule has 0 aliphatic carbocycles. The van der Waals surface area contributed by atoms with Crippen LogP contribution in [0.2, 0.25) is 0 Å². The molecule has 9 nitrogen and oxygen atoms in total. The van der Waals surface area contributed by atoms with Gasteiger partial charge in [-0.25, -0.2) is 0 Å². The standard InChI is InChI=1S/C18H37NO8/c1-18(20)19(2)4-5-22-8-9-24-12-13-26-16-17-27-15-14-25-11-10-23-7-6-21-3/h4-17H2,1-3H3. The minimum absolute atomic E-state index is 0.0341. The smallest absolute Gasteiger partial charge is 0.219 e. The average molecular weight is 395 g/mol. The number of ether oxygens (including phenoxy) is 7. The van der Waals surface area contributed by atoms with Crippen LogP contribution in [0.25, 0.3) is 0 Å². The number of likely N-dealkylation sites (N-methyl/N-ethyl adjacent to an activating group) is 1. The van der Waals surface area contributed by atoms with E-state index in [2.05, 4.69) is 0 Å². The Labute approximate surface area is 163 Å². The van der Waals surface area contributed by atoms with Crippen molar-refractivity contribution in [3.63, 3.8) is 0 Å². The van der Waals surface area contributed by atoms with Gasteiger partial charge < -0.3 is 38.1 Å². The maximum absolute atomic E-state index is 11.0. The van der Waals surface area contributed by atoms with Crippen LogP contribution in [0.3, 0.4) is 0 Å². The van der Waals surface area contributed by atoms with Crippen LogP contribution in [0, 0.1) is 0 Å². The van der Waals surface area contributed by atoms with Crippen LogP contribution in [0.5, 0.6) is 0 Å². The van der Waals surface area contributed by atoms with E-state index in [9.17, 15) is 4.79 Å². The van der Waals surface area contributed by atoms with Crippen LogP contribution >= 0.6 is 0 Å². The average Bonchev–Trinajstić information content (AvgIpc) is 2.66. The lowest BCUT2D eigenvalue weighted by molar-refractivity contribution is -0.128. The monoisotopic (exact) mass is 395 g/mol. The molecule has 9 heteroatoms. The zero-order valence-electron chi connectivity index (χ0n) is 17.1. The predicted octanol–water partition coefficient (Wildman–Crippen LogP) is 0.211. The van der Waals surface area contributed by atoms with E-state index < -0.39 is 0 Å². The molecule has 0 aliphatic rings. The molecule has 0 radical (unpaired) electrons. The molecule has 27 heavy (non-hydrogen) atoms. The van der Waals surface area contributed by atoms with Gasteiger partial charge in [0, 0.05) is 27.6 Å². The summed E-state index contributed by atoms with van der Waals surface area (Å²) in [5.41, 5.74) is 0. The summed E-state index contributed by atoms with van der Waals surface area (Å²) in [6, 6.07) is 0. The SMILES string of the molecule is COCCOCCOCCOCCOCCOCCOCCN(C)C(C)=O. The van der Waals surface area contributed by atoms with Crippen molar-refractivity contribution in [1.29, 1.82) is 0 Å². The van der Waals surface area contributed by atoms with Gasteiger partial charge in [0.15, 0.2) is 0 Å². The van der Waals surface area contributed by atoms with Crippen molar-refractivity contribution in [2.24, 2.45) is 0 Å². The molecular weight excluding hydrogens is 358 g/mol. The number of nitrogens with zero attached hydrogens (tertiary/aromatic N) is 1. The highest BCUT2D eigenvalue weighted by molar-refractivity contribution is 5.72. The van der Waals surface area contributed by atoms with Crippen molar-refractivity contribution in [1.82, 2.24) is 4.90 Å². The zero-order valence-corrected chi connectivity index (χ0v) is 17.1. The summed E-state index contributed by atoms with van der Waals surface area (Å²) in [6.45, 7) is 9.12. The number of carbonyl (C=O) groups is 1. The van der Waals surface area contributed by atoms with Gasteiger partial charge in [0.2, 0.25) is 5.91 Å². The van der Waals surface area contributed by atoms with Crippen LogP contribution in [0.1, 0.15) is 6.92 Å². The normalized spacial score (nSPS) is 11.1. The minimum atomic E-state index is 0.0341. The van der Waals surface area contributed by atoms with Gasteiger partial charge >= 0.3 is 0 Å². The van der Waals surface area contributed by atoms with Crippen molar-refractivity contribution in [2.75, 3.05) is 107 Å². The Bertz CT molecular complexity index is 320. The Morgan fingerprint density at radius 3 is 1.19 bits per heavy atom. The number of hydrogen-bond donors (Lipinski definition) is 0. The van der Waals surface area contributed by atoms with Crippen molar-refractivity contribution < 1.29 is 38.0 Å². The quantitative estimate of drug-likeness (QED) is 0.255. The molecule has 0 aromatic carbocycles. The predicted molar refractivity (Wildman–Crippen MR) is 100 cm³/mol. The Kier molecular flexibility index (Phi) is 20.8. The van der Waals surface area contributed by atoms with Gasteiger partial charge in [-0.05, 0) is 0 Å². The molecule has 0 unspecified atom stereocenters. The molecule has 0 saturated heterocycles. The van der Waals surface area contributed by atoms with E-state index in [0.717, 1.165) is 0 Å². The summed E-state index contributed by atoms with van der Waals surface area (Å²) in [7, 11) is 3.39. The molecule has 0 atom stereocenters. The molecular formula is C18H37NO8. The van der Waals surface area contributed by atoms with E-state index >= 15 is 0 Å². The molecule has 1 amide bonds. The molecule has 0 aromatic rings. The van der Waals surface area contributed by atoms with Gasteiger partial charge in [0.05, 0.1) is 85.9 Å². The van der Waals surface area contributed by atoms with Crippen LogP contribution < -0.4 is 0 Å². The molecule has 0 bridgehead atoms. The lowest BCUT2D eigenvalue weighted by Gasteiger charge is -2.14. The topological polar surface area (TPSA) is 84.9 Å². The fraction of sp³-hybridized carbons (Fsp3) is 0.944. The number of amides is 1. The minimum Gasteiger partial charge on any atom is -0.382 e. The van der Waals surface area contributed by atoms with Crippen molar-refractivity contribution in [2.45, 2.75) is 6.92 Å². The summed E-state index contributed by atoms with van der Waals surface area (Å²) in [5, 5.41) is 0. The van der Waals surface area contributed by atoms with Crippen molar-refractivity contribution in [3.05, 3.63) is 0 Å². The first-order valence-electron chi connectivity index (χ1n) is 9.35. The maximum Gasteiger partial charge on any atom is 0.219 e. The molecule has 162 valence electrons. The van der Waals surface area contributed by atoms with Crippen LogP contribution in [-0.2, 0) is 38.0 Å². The zero-order chi connectivity index (χ0) is 20.0. The number of hydrogen-bond acceptors (Lipinski definition) is 8. The fourth-order valence-electron chi connectivity index (χ4n) is 1.70. The first-order chi connectivity index (χ1) is 13.2. The Morgan fingerprint density at radius 2 is 0.889 bits per heavy atom. The Balaban J connectivity index is 3.04. The highest BCUT2D eigenvalue weighted by atomic mass is 16.6. The van der Waals surface area contributed by atoms with Crippen LogP contribution in [0.4, 0.5) is 0 Å². The van der Waals surface area contributed by atoms with Crippen molar-refractivity contribution >= 4 is 5.91 Å².